The maximum Gasteiger partial charge on any atom is 0.0847 e. The molecule has 0 saturated carbocycles. The SMILES string of the molecule is C1=CC(Nc2ccccc2)(c2ccccc2)CC=C1c1ccc(-c2ccccc2)c(-c2ccccc2)c1. The molecule has 0 bridgehead atoms. The van der Waals surface area contributed by atoms with Gasteiger partial charge in [0.1, 0.15) is 0 Å². The Morgan fingerprint density at radius 1 is 0.514 bits per heavy atom. The first-order valence-corrected chi connectivity index (χ1v) is 12.8. The molecule has 178 valence electrons. The zero-order valence-electron chi connectivity index (χ0n) is 20.7. The highest BCUT2D eigenvalue weighted by molar-refractivity contribution is 5.88. The molecule has 0 radical (unpaired) electrons. The van der Waals surface area contributed by atoms with Crippen molar-refractivity contribution in [3.05, 3.63) is 169 Å². The van der Waals surface area contributed by atoms with Crippen LogP contribution in [0.3, 0.4) is 0 Å². The van der Waals surface area contributed by atoms with Crippen LogP contribution in [0.4, 0.5) is 5.69 Å². The second kappa shape index (κ2) is 10.2. The summed E-state index contributed by atoms with van der Waals surface area (Å²) in [5.41, 5.74) is 9.53. The van der Waals surface area contributed by atoms with E-state index in [9.17, 15) is 0 Å². The largest absolute Gasteiger partial charge is 0.372 e. The minimum Gasteiger partial charge on any atom is -0.372 e. The number of benzene rings is 5. The minimum absolute atomic E-state index is 0.293. The quantitative estimate of drug-likeness (QED) is 0.258. The number of hydrogen-bond acceptors (Lipinski definition) is 1. The van der Waals surface area contributed by atoms with Crippen LogP contribution >= 0.6 is 0 Å². The lowest BCUT2D eigenvalue weighted by Gasteiger charge is -2.35. The first-order valence-electron chi connectivity index (χ1n) is 12.8. The molecule has 1 unspecified atom stereocenters. The Bertz CT molecular complexity index is 1530. The molecule has 0 aliphatic heterocycles. The van der Waals surface area contributed by atoms with Crippen LogP contribution in [0.1, 0.15) is 17.5 Å². The molecule has 1 heteroatoms. The minimum atomic E-state index is -0.293. The number of anilines is 1. The molecule has 1 aliphatic carbocycles. The summed E-state index contributed by atoms with van der Waals surface area (Å²) in [6, 6.07) is 49.4. The van der Waals surface area contributed by atoms with Crippen molar-refractivity contribution < 1.29 is 0 Å². The van der Waals surface area contributed by atoms with E-state index in [0.29, 0.717) is 0 Å². The Balaban J connectivity index is 1.38. The molecule has 0 heterocycles. The third-order valence-electron chi connectivity index (χ3n) is 7.14. The summed E-state index contributed by atoms with van der Waals surface area (Å²) >= 11 is 0. The first-order chi connectivity index (χ1) is 18.3. The third-order valence-corrected chi connectivity index (χ3v) is 7.14. The van der Waals surface area contributed by atoms with Gasteiger partial charge in [-0.1, -0.05) is 140 Å². The van der Waals surface area contributed by atoms with Crippen molar-refractivity contribution in [1.82, 2.24) is 0 Å². The van der Waals surface area contributed by atoms with E-state index in [1.165, 1.54) is 39.0 Å². The maximum atomic E-state index is 3.82. The van der Waals surface area contributed by atoms with Gasteiger partial charge in [0.05, 0.1) is 5.54 Å². The Morgan fingerprint density at radius 2 is 1.08 bits per heavy atom. The number of rotatable bonds is 6. The van der Waals surface area contributed by atoms with Crippen LogP contribution in [0.15, 0.2) is 158 Å². The van der Waals surface area contributed by atoms with Crippen LogP contribution in [0.2, 0.25) is 0 Å². The summed E-state index contributed by atoms with van der Waals surface area (Å²) in [7, 11) is 0. The lowest BCUT2D eigenvalue weighted by atomic mass is 9.80. The van der Waals surface area contributed by atoms with Gasteiger partial charge in [-0.05, 0) is 63.6 Å². The van der Waals surface area contributed by atoms with E-state index in [0.717, 1.165) is 12.1 Å². The Labute approximate surface area is 219 Å². The number of para-hydroxylation sites is 1. The highest BCUT2D eigenvalue weighted by Crippen LogP contribution is 2.39. The Hall–Kier alpha value is -4.62. The maximum absolute atomic E-state index is 3.82. The van der Waals surface area contributed by atoms with Gasteiger partial charge in [-0.3, -0.25) is 0 Å². The number of allylic oxidation sites excluding steroid dienone is 2. The number of nitrogens with one attached hydrogen (secondary N) is 1. The second-order valence-corrected chi connectivity index (χ2v) is 9.52. The molecular weight excluding hydrogens is 446 g/mol. The number of hydrogen-bond donors (Lipinski definition) is 1. The normalized spacial score (nSPS) is 16.7. The van der Waals surface area contributed by atoms with E-state index in [1.54, 1.807) is 0 Å². The standard InChI is InChI=1S/C36H29N/c1-5-13-29(14-6-1)34-22-21-31(27-35(34)30-15-7-2-8-16-30)28-23-25-36(26-24-28,32-17-9-3-10-18-32)37-33-19-11-4-12-20-33/h1-25,27,37H,26H2. The van der Waals surface area contributed by atoms with Crippen LogP contribution in [-0.4, -0.2) is 0 Å². The molecule has 1 aliphatic rings. The summed E-state index contributed by atoms with van der Waals surface area (Å²) < 4.78 is 0. The molecule has 1 N–H and O–H groups in total. The molecular formula is C36H29N. The van der Waals surface area contributed by atoms with E-state index >= 15 is 0 Å². The van der Waals surface area contributed by atoms with E-state index in [-0.39, 0.29) is 5.54 Å². The highest BCUT2D eigenvalue weighted by atomic mass is 15.0. The van der Waals surface area contributed by atoms with E-state index < -0.39 is 0 Å². The van der Waals surface area contributed by atoms with Gasteiger partial charge in [-0.2, -0.15) is 0 Å². The summed E-state index contributed by atoms with van der Waals surface area (Å²) in [5, 5.41) is 3.82. The summed E-state index contributed by atoms with van der Waals surface area (Å²) in [6.07, 6.45) is 7.84. The van der Waals surface area contributed by atoms with Gasteiger partial charge in [0.2, 0.25) is 0 Å². The summed E-state index contributed by atoms with van der Waals surface area (Å²) in [5.74, 6) is 0. The van der Waals surface area contributed by atoms with Crippen molar-refractivity contribution >= 4 is 11.3 Å². The fourth-order valence-corrected chi connectivity index (χ4v) is 5.20. The summed E-state index contributed by atoms with van der Waals surface area (Å²) in [4.78, 5) is 0. The molecule has 1 nitrogen and oxygen atoms in total. The Kier molecular flexibility index (Phi) is 6.27. The van der Waals surface area contributed by atoms with Crippen molar-refractivity contribution in [3.8, 4) is 22.3 Å². The van der Waals surface area contributed by atoms with Gasteiger partial charge in [-0.15, -0.1) is 0 Å². The van der Waals surface area contributed by atoms with Crippen molar-refractivity contribution in [2.24, 2.45) is 0 Å². The van der Waals surface area contributed by atoms with Crippen LogP contribution in [-0.2, 0) is 5.54 Å². The zero-order valence-corrected chi connectivity index (χ0v) is 20.7. The zero-order chi connectivity index (χ0) is 24.9. The molecule has 0 spiro atoms. The average Bonchev–Trinajstić information content (AvgIpc) is 2.99. The molecule has 1 atom stereocenters. The molecule has 6 rings (SSSR count). The van der Waals surface area contributed by atoms with Crippen molar-refractivity contribution in [2.75, 3.05) is 5.32 Å². The van der Waals surface area contributed by atoms with Crippen LogP contribution in [0.25, 0.3) is 27.8 Å². The predicted molar refractivity (Wildman–Crippen MR) is 157 cm³/mol. The van der Waals surface area contributed by atoms with Crippen LogP contribution in [0.5, 0.6) is 0 Å². The molecule has 0 amide bonds. The smallest absolute Gasteiger partial charge is 0.0847 e. The Morgan fingerprint density at radius 3 is 1.68 bits per heavy atom. The molecule has 5 aromatic rings. The highest BCUT2D eigenvalue weighted by Gasteiger charge is 2.30. The van der Waals surface area contributed by atoms with E-state index in [4.69, 9.17) is 0 Å². The molecule has 37 heavy (non-hydrogen) atoms. The van der Waals surface area contributed by atoms with E-state index in [2.05, 4.69) is 163 Å². The van der Waals surface area contributed by atoms with Crippen LogP contribution in [0, 0.1) is 0 Å². The molecule has 0 aromatic heterocycles. The lowest BCUT2D eigenvalue weighted by Crippen LogP contribution is -2.34. The van der Waals surface area contributed by atoms with Gasteiger partial charge in [-0.25, -0.2) is 0 Å². The van der Waals surface area contributed by atoms with Crippen molar-refractivity contribution in [2.45, 2.75) is 12.0 Å². The second-order valence-electron chi connectivity index (χ2n) is 9.52. The molecule has 5 aromatic carbocycles. The fourth-order valence-electron chi connectivity index (χ4n) is 5.20. The predicted octanol–water partition coefficient (Wildman–Crippen LogP) is 9.37. The first kappa shape index (κ1) is 22.8. The average molecular weight is 476 g/mol. The van der Waals surface area contributed by atoms with Crippen molar-refractivity contribution in [1.29, 1.82) is 0 Å². The topological polar surface area (TPSA) is 12.0 Å². The van der Waals surface area contributed by atoms with Gasteiger partial charge >= 0.3 is 0 Å². The third kappa shape index (κ3) is 4.77. The lowest BCUT2D eigenvalue weighted by molar-refractivity contribution is 0.620. The fraction of sp³-hybridized carbons (Fsp3) is 0.0556. The van der Waals surface area contributed by atoms with Gasteiger partial charge in [0.25, 0.3) is 0 Å². The van der Waals surface area contributed by atoms with E-state index in [1.807, 2.05) is 0 Å². The molecule has 0 saturated heterocycles. The summed E-state index contributed by atoms with van der Waals surface area (Å²) in [6.45, 7) is 0. The van der Waals surface area contributed by atoms with Gasteiger partial charge < -0.3 is 5.32 Å². The van der Waals surface area contributed by atoms with Crippen LogP contribution < -0.4 is 5.32 Å². The van der Waals surface area contributed by atoms with Gasteiger partial charge in [0, 0.05) is 5.69 Å². The van der Waals surface area contributed by atoms with Gasteiger partial charge in [0.15, 0.2) is 0 Å². The molecule has 0 fully saturated rings. The van der Waals surface area contributed by atoms with Crippen molar-refractivity contribution in [3.63, 3.8) is 0 Å². The monoisotopic (exact) mass is 475 g/mol.